The molecule has 1 N–H and O–H groups in total. The van der Waals surface area contributed by atoms with Gasteiger partial charge in [0, 0.05) is 5.69 Å². The van der Waals surface area contributed by atoms with Gasteiger partial charge in [0.25, 0.3) is 10.0 Å². The van der Waals surface area contributed by atoms with Gasteiger partial charge in [-0.25, -0.2) is 18.2 Å². The molecule has 152 valence electrons. The minimum Gasteiger partial charge on any atom is -0.452 e. The van der Waals surface area contributed by atoms with Crippen molar-refractivity contribution in [2.24, 2.45) is 0 Å². The van der Waals surface area contributed by atoms with Crippen LogP contribution >= 0.6 is 0 Å². The number of aryl methyl sites for hydroxylation is 1. The van der Waals surface area contributed by atoms with Gasteiger partial charge in [-0.1, -0.05) is 30.3 Å². The predicted molar refractivity (Wildman–Crippen MR) is 112 cm³/mol. The van der Waals surface area contributed by atoms with Crippen molar-refractivity contribution in [3.05, 3.63) is 89.8 Å². The normalized spacial score (nSPS) is 11.4. The van der Waals surface area contributed by atoms with Crippen molar-refractivity contribution in [1.82, 2.24) is 4.98 Å². The van der Waals surface area contributed by atoms with Crippen molar-refractivity contribution in [2.45, 2.75) is 18.4 Å². The van der Waals surface area contributed by atoms with E-state index in [1.807, 2.05) is 25.1 Å². The lowest BCUT2D eigenvalue weighted by Crippen LogP contribution is -2.14. The van der Waals surface area contributed by atoms with Crippen LogP contribution in [0.5, 0.6) is 0 Å². The molecule has 0 radical (unpaired) electrons. The third-order valence-electron chi connectivity index (χ3n) is 4.32. The Morgan fingerprint density at radius 3 is 2.63 bits per heavy atom. The fraction of sp³-hybridized carbons (Fsp3) is 0.0909. The van der Waals surface area contributed by atoms with E-state index < -0.39 is 16.0 Å². The van der Waals surface area contributed by atoms with E-state index in [0.717, 1.165) is 5.56 Å². The molecule has 7 nitrogen and oxygen atoms in total. The molecule has 3 aromatic carbocycles. The van der Waals surface area contributed by atoms with E-state index in [0.29, 0.717) is 16.8 Å². The van der Waals surface area contributed by atoms with Crippen molar-refractivity contribution in [1.29, 1.82) is 0 Å². The number of carbonyl (C=O) groups excluding carboxylic acids is 1. The van der Waals surface area contributed by atoms with Gasteiger partial charge in [0.05, 0.1) is 10.5 Å². The van der Waals surface area contributed by atoms with E-state index >= 15 is 0 Å². The minimum atomic E-state index is -3.86. The molecule has 0 fully saturated rings. The lowest BCUT2D eigenvalue weighted by molar-refractivity contribution is 0.0440. The standard InChI is InChI=1S/C22H18N2O5S/c1-15-6-4-8-17(12-15)24-30(26,27)18-9-5-7-16(13-18)22(25)28-14-21-23-19-10-2-3-11-20(19)29-21/h2-13,24H,14H2,1H3. The summed E-state index contributed by atoms with van der Waals surface area (Å²) in [6, 6.07) is 19.9. The summed E-state index contributed by atoms with van der Waals surface area (Å²) >= 11 is 0. The highest BCUT2D eigenvalue weighted by atomic mass is 32.2. The summed E-state index contributed by atoms with van der Waals surface area (Å²) in [6.07, 6.45) is 0. The molecule has 0 atom stereocenters. The Morgan fingerprint density at radius 1 is 1.03 bits per heavy atom. The average Bonchev–Trinajstić information content (AvgIpc) is 3.15. The average molecular weight is 422 g/mol. The number of aromatic nitrogens is 1. The van der Waals surface area contributed by atoms with Crippen molar-refractivity contribution in [3.8, 4) is 0 Å². The zero-order valence-corrected chi connectivity index (χ0v) is 16.8. The fourth-order valence-corrected chi connectivity index (χ4v) is 4.00. The molecule has 0 amide bonds. The summed E-state index contributed by atoms with van der Waals surface area (Å²) in [5.41, 5.74) is 2.74. The molecule has 0 spiro atoms. The monoisotopic (exact) mass is 422 g/mol. The number of ether oxygens (including phenoxy) is 1. The second kappa shape index (κ2) is 8.00. The number of carbonyl (C=O) groups is 1. The smallest absolute Gasteiger partial charge is 0.338 e. The van der Waals surface area contributed by atoms with E-state index in [1.54, 1.807) is 30.3 Å². The number of hydrogen-bond acceptors (Lipinski definition) is 6. The van der Waals surface area contributed by atoms with E-state index in [-0.39, 0.29) is 23.0 Å². The van der Waals surface area contributed by atoms with Crippen LogP contribution in [-0.2, 0) is 21.4 Å². The first-order chi connectivity index (χ1) is 14.4. The Bertz CT molecular complexity index is 1300. The third kappa shape index (κ3) is 4.33. The van der Waals surface area contributed by atoms with Crippen molar-refractivity contribution in [3.63, 3.8) is 0 Å². The highest BCUT2D eigenvalue weighted by molar-refractivity contribution is 7.92. The second-order valence-electron chi connectivity index (χ2n) is 6.65. The van der Waals surface area contributed by atoms with Crippen LogP contribution in [0.2, 0.25) is 0 Å². The number of oxazole rings is 1. The van der Waals surface area contributed by atoms with Crippen LogP contribution in [0.25, 0.3) is 11.1 Å². The summed E-state index contributed by atoms with van der Waals surface area (Å²) in [5.74, 6) is -0.417. The van der Waals surface area contributed by atoms with E-state index in [9.17, 15) is 13.2 Å². The van der Waals surface area contributed by atoms with Crippen LogP contribution in [0.4, 0.5) is 5.69 Å². The fourth-order valence-electron chi connectivity index (χ4n) is 2.91. The molecular weight excluding hydrogens is 404 g/mol. The minimum absolute atomic E-state index is 0.0414. The van der Waals surface area contributed by atoms with Crippen LogP contribution in [-0.4, -0.2) is 19.4 Å². The highest BCUT2D eigenvalue weighted by Gasteiger charge is 2.18. The molecular formula is C22H18N2O5S. The number of anilines is 1. The molecule has 0 aliphatic heterocycles. The number of sulfonamides is 1. The van der Waals surface area contributed by atoms with Gasteiger partial charge < -0.3 is 9.15 Å². The largest absolute Gasteiger partial charge is 0.452 e. The predicted octanol–water partition coefficient (Wildman–Crippen LogP) is 4.29. The summed E-state index contributed by atoms with van der Waals surface area (Å²) < 4.78 is 38.6. The Balaban J connectivity index is 1.48. The van der Waals surface area contributed by atoms with Gasteiger partial charge in [0.15, 0.2) is 12.2 Å². The molecule has 30 heavy (non-hydrogen) atoms. The quantitative estimate of drug-likeness (QED) is 0.465. The van der Waals surface area contributed by atoms with Gasteiger partial charge in [-0.2, -0.15) is 0 Å². The molecule has 0 saturated carbocycles. The number of esters is 1. The molecule has 0 saturated heterocycles. The van der Waals surface area contributed by atoms with Crippen LogP contribution in [0.1, 0.15) is 21.8 Å². The second-order valence-corrected chi connectivity index (χ2v) is 8.34. The maximum absolute atomic E-state index is 12.7. The first kappa shape index (κ1) is 19.7. The molecule has 0 aliphatic carbocycles. The van der Waals surface area contributed by atoms with E-state index in [1.165, 1.54) is 24.3 Å². The van der Waals surface area contributed by atoms with Gasteiger partial charge in [0.2, 0.25) is 5.89 Å². The van der Waals surface area contributed by atoms with Gasteiger partial charge in [0.1, 0.15) is 5.52 Å². The summed E-state index contributed by atoms with van der Waals surface area (Å²) in [5, 5.41) is 0. The van der Waals surface area contributed by atoms with Crippen LogP contribution in [0.15, 0.2) is 82.1 Å². The lowest BCUT2D eigenvalue weighted by Gasteiger charge is -2.10. The maximum Gasteiger partial charge on any atom is 0.338 e. The van der Waals surface area contributed by atoms with Gasteiger partial charge >= 0.3 is 5.97 Å². The molecule has 0 unspecified atom stereocenters. The topological polar surface area (TPSA) is 98.5 Å². The Morgan fingerprint density at radius 2 is 1.83 bits per heavy atom. The Labute approximate surface area is 173 Å². The van der Waals surface area contributed by atoms with Crippen LogP contribution in [0, 0.1) is 6.92 Å². The molecule has 8 heteroatoms. The highest BCUT2D eigenvalue weighted by Crippen LogP contribution is 2.19. The number of nitrogens with one attached hydrogen (secondary N) is 1. The van der Waals surface area contributed by atoms with Crippen molar-refractivity contribution >= 4 is 32.8 Å². The number of rotatable bonds is 6. The van der Waals surface area contributed by atoms with Gasteiger partial charge in [-0.05, 0) is 55.0 Å². The summed E-state index contributed by atoms with van der Waals surface area (Å²) in [6.45, 7) is 1.71. The first-order valence-electron chi connectivity index (χ1n) is 9.12. The number of nitrogens with zero attached hydrogens (tertiary/aromatic N) is 1. The maximum atomic E-state index is 12.7. The summed E-state index contributed by atoms with van der Waals surface area (Å²) in [7, 11) is -3.86. The van der Waals surface area contributed by atoms with Crippen LogP contribution < -0.4 is 4.72 Å². The van der Waals surface area contributed by atoms with Gasteiger partial charge in [-0.15, -0.1) is 0 Å². The molecule has 1 heterocycles. The number of para-hydroxylation sites is 2. The first-order valence-corrected chi connectivity index (χ1v) is 10.6. The third-order valence-corrected chi connectivity index (χ3v) is 5.69. The Hall–Kier alpha value is -3.65. The SMILES string of the molecule is Cc1cccc(NS(=O)(=O)c2cccc(C(=O)OCc3nc4ccccc4o3)c2)c1. The van der Waals surface area contributed by atoms with E-state index in [2.05, 4.69) is 9.71 Å². The number of benzene rings is 3. The van der Waals surface area contributed by atoms with Crippen LogP contribution in [0.3, 0.4) is 0 Å². The number of fused-ring (bicyclic) bond motifs is 1. The van der Waals surface area contributed by atoms with Gasteiger partial charge in [-0.3, -0.25) is 4.72 Å². The van der Waals surface area contributed by atoms with E-state index in [4.69, 9.17) is 9.15 Å². The summed E-state index contributed by atoms with van der Waals surface area (Å²) in [4.78, 5) is 16.6. The molecule has 4 rings (SSSR count). The van der Waals surface area contributed by atoms with Crippen molar-refractivity contribution < 1.29 is 22.4 Å². The lowest BCUT2D eigenvalue weighted by atomic mass is 10.2. The zero-order valence-electron chi connectivity index (χ0n) is 16.0. The zero-order chi connectivity index (χ0) is 21.1. The molecule has 0 aliphatic rings. The molecule has 4 aromatic rings. The molecule has 1 aromatic heterocycles. The number of hydrogen-bond donors (Lipinski definition) is 1. The molecule has 0 bridgehead atoms. The Kier molecular flexibility index (Phi) is 5.24. The van der Waals surface area contributed by atoms with Crippen molar-refractivity contribution in [2.75, 3.05) is 4.72 Å².